The van der Waals surface area contributed by atoms with Crippen LogP contribution in [0, 0.1) is 0 Å². The fourth-order valence-corrected chi connectivity index (χ4v) is 3.06. The fourth-order valence-electron chi connectivity index (χ4n) is 3.06. The van der Waals surface area contributed by atoms with Crippen molar-refractivity contribution in [2.75, 3.05) is 38.8 Å². The van der Waals surface area contributed by atoms with E-state index in [0.29, 0.717) is 26.4 Å². The molecule has 27 heavy (non-hydrogen) atoms. The molecule has 7 heteroatoms. The highest BCUT2D eigenvalue weighted by Gasteiger charge is 2.15. The molecule has 1 aromatic carbocycles. The number of ether oxygens (including phenoxy) is 2. The highest BCUT2D eigenvalue weighted by atomic mass is 16.6. The van der Waals surface area contributed by atoms with Gasteiger partial charge in [-0.15, -0.1) is 0 Å². The first kappa shape index (κ1) is 17.6. The average molecular weight is 365 g/mol. The van der Waals surface area contributed by atoms with Crippen LogP contribution in [0.2, 0.25) is 0 Å². The first-order chi connectivity index (χ1) is 13.2. The molecule has 1 atom stereocenters. The third kappa shape index (κ3) is 4.15. The topological polar surface area (TPSA) is 65.3 Å². The molecule has 4 rings (SSSR count). The van der Waals surface area contributed by atoms with Gasteiger partial charge in [-0.1, -0.05) is 18.2 Å². The van der Waals surface area contributed by atoms with Crippen LogP contribution >= 0.6 is 0 Å². The Hall–Kier alpha value is -2.77. The maximum absolute atomic E-state index is 5.70. The van der Waals surface area contributed by atoms with Crippen molar-refractivity contribution in [3.8, 4) is 22.5 Å². The lowest BCUT2D eigenvalue weighted by molar-refractivity contribution is -0.0946. The summed E-state index contributed by atoms with van der Waals surface area (Å²) in [7, 11) is 3.94. The normalized spacial score (nSPS) is 17.0. The first-order valence-electron chi connectivity index (χ1n) is 9.02. The third-order valence-electron chi connectivity index (χ3n) is 4.48. The molecule has 3 heterocycles. The molecule has 1 saturated heterocycles. The van der Waals surface area contributed by atoms with Crippen molar-refractivity contribution in [2.24, 2.45) is 0 Å². The molecule has 0 aliphatic carbocycles. The zero-order valence-electron chi connectivity index (χ0n) is 15.6. The van der Waals surface area contributed by atoms with E-state index < -0.39 is 0 Å². The second-order valence-corrected chi connectivity index (χ2v) is 6.73. The van der Waals surface area contributed by atoms with E-state index in [9.17, 15) is 0 Å². The molecular formula is C20H23N5O2. The summed E-state index contributed by atoms with van der Waals surface area (Å²) < 4.78 is 13.1. The zero-order chi connectivity index (χ0) is 18.6. The smallest absolute Gasteiger partial charge is 0.132 e. The lowest BCUT2D eigenvalue weighted by Crippen LogP contribution is -2.32. The number of aromatic nitrogens is 4. The van der Waals surface area contributed by atoms with E-state index in [-0.39, 0.29) is 6.10 Å². The Bertz CT molecular complexity index is 903. The monoisotopic (exact) mass is 365 g/mol. The minimum Gasteiger partial charge on any atom is -0.376 e. The van der Waals surface area contributed by atoms with Gasteiger partial charge in [0.25, 0.3) is 0 Å². The summed E-state index contributed by atoms with van der Waals surface area (Å²) in [6.45, 7) is 2.63. The standard InChI is InChI=1S/C20H23N5O2/c1-24(2)20-11-19(21-14-22-20)16-5-3-4-15(10-16)18-6-7-25(23-18)12-17-13-26-8-9-27-17/h3-7,10-11,14,17H,8-9,12-13H2,1-2H3. The Morgan fingerprint density at radius 2 is 1.93 bits per heavy atom. The van der Waals surface area contributed by atoms with Gasteiger partial charge in [-0.3, -0.25) is 4.68 Å². The van der Waals surface area contributed by atoms with Gasteiger partial charge < -0.3 is 14.4 Å². The Balaban J connectivity index is 1.55. The van der Waals surface area contributed by atoms with Crippen LogP contribution in [0.3, 0.4) is 0 Å². The van der Waals surface area contributed by atoms with Crippen molar-refractivity contribution in [3.05, 3.63) is 48.9 Å². The molecule has 0 spiro atoms. The van der Waals surface area contributed by atoms with Gasteiger partial charge in [0.05, 0.1) is 37.8 Å². The van der Waals surface area contributed by atoms with E-state index >= 15 is 0 Å². The maximum Gasteiger partial charge on any atom is 0.132 e. The Kier molecular flexibility index (Phi) is 5.13. The van der Waals surface area contributed by atoms with Crippen molar-refractivity contribution in [2.45, 2.75) is 12.6 Å². The quantitative estimate of drug-likeness (QED) is 0.692. The minimum atomic E-state index is 0.0586. The molecule has 0 bridgehead atoms. The van der Waals surface area contributed by atoms with Crippen LogP contribution in [0.25, 0.3) is 22.5 Å². The van der Waals surface area contributed by atoms with Gasteiger partial charge in [0.2, 0.25) is 0 Å². The number of rotatable bonds is 5. The van der Waals surface area contributed by atoms with E-state index in [2.05, 4.69) is 28.2 Å². The average Bonchev–Trinajstić information content (AvgIpc) is 3.17. The molecule has 1 aliphatic heterocycles. The summed E-state index contributed by atoms with van der Waals surface area (Å²) >= 11 is 0. The van der Waals surface area contributed by atoms with E-state index in [1.165, 1.54) is 0 Å². The molecule has 2 aromatic heterocycles. The van der Waals surface area contributed by atoms with Gasteiger partial charge in [-0.25, -0.2) is 9.97 Å². The Morgan fingerprint density at radius 1 is 1.07 bits per heavy atom. The van der Waals surface area contributed by atoms with Crippen LogP contribution in [0.15, 0.2) is 48.9 Å². The van der Waals surface area contributed by atoms with Crippen molar-refractivity contribution in [1.29, 1.82) is 0 Å². The zero-order valence-corrected chi connectivity index (χ0v) is 15.6. The summed E-state index contributed by atoms with van der Waals surface area (Å²) in [5, 5.41) is 4.70. The van der Waals surface area contributed by atoms with Gasteiger partial charge in [-0.05, 0) is 12.1 Å². The molecule has 0 saturated carbocycles. The molecule has 1 unspecified atom stereocenters. The molecule has 3 aromatic rings. The molecular weight excluding hydrogens is 342 g/mol. The Morgan fingerprint density at radius 3 is 2.70 bits per heavy atom. The predicted octanol–water partition coefficient (Wildman–Crippen LogP) is 2.49. The van der Waals surface area contributed by atoms with Crippen LogP contribution in [0.1, 0.15) is 0 Å². The van der Waals surface area contributed by atoms with Crippen molar-refractivity contribution < 1.29 is 9.47 Å². The second kappa shape index (κ2) is 7.85. The third-order valence-corrected chi connectivity index (χ3v) is 4.48. The molecule has 1 fully saturated rings. The van der Waals surface area contributed by atoms with Crippen LogP contribution in [0.5, 0.6) is 0 Å². The molecule has 0 radical (unpaired) electrons. The van der Waals surface area contributed by atoms with Gasteiger partial charge in [0.1, 0.15) is 18.2 Å². The SMILES string of the molecule is CN(C)c1cc(-c2cccc(-c3ccn(CC4COCCO4)n3)c2)ncn1. The van der Waals surface area contributed by atoms with Crippen LogP contribution in [0.4, 0.5) is 5.82 Å². The summed E-state index contributed by atoms with van der Waals surface area (Å²) in [6.07, 6.45) is 3.64. The number of hydrogen-bond donors (Lipinski definition) is 0. The summed E-state index contributed by atoms with van der Waals surface area (Å²) in [5.41, 5.74) is 3.91. The number of benzene rings is 1. The summed E-state index contributed by atoms with van der Waals surface area (Å²) in [4.78, 5) is 10.7. The van der Waals surface area contributed by atoms with Crippen LogP contribution in [-0.4, -0.2) is 59.8 Å². The molecule has 1 aliphatic rings. The first-order valence-corrected chi connectivity index (χ1v) is 9.02. The van der Waals surface area contributed by atoms with E-state index in [4.69, 9.17) is 14.6 Å². The number of anilines is 1. The van der Waals surface area contributed by atoms with Crippen molar-refractivity contribution in [1.82, 2.24) is 19.7 Å². The van der Waals surface area contributed by atoms with E-state index in [0.717, 1.165) is 28.3 Å². The van der Waals surface area contributed by atoms with Gasteiger partial charge >= 0.3 is 0 Å². The highest BCUT2D eigenvalue weighted by Crippen LogP contribution is 2.25. The van der Waals surface area contributed by atoms with Gasteiger partial charge in [-0.2, -0.15) is 5.10 Å². The van der Waals surface area contributed by atoms with Gasteiger partial charge in [0.15, 0.2) is 0 Å². The fraction of sp³-hybridized carbons (Fsp3) is 0.350. The van der Waals surface area contributed by atoms with Crippen LogP contribution in [-0.2, 0) is 16.0 Å². The predicted molar refractivity (Wildman–Crippen MR) is 104 cm³/mol. The van der Waals surface area contributed by atoms with Crippen molar-refractivity contribution in [3.63, 3.8) is 0 Å². The van der Waals surface area contributed by atoms with Crippen molar-refractivity contribution >= 4 is 5.82 Å². The molecule has 0 amide bonds. The summed E-state index contributed by atoms with van der Waals surface area (Å²) in [5.74, 6) is 0.879. The van der Waals surface area contributed by atoms with Crippen LogP contribution < -0.4 is 4.90 Å². The number of nitrogens with zero attached hydrogens (tertiary/aromatic N) is 5. The van der Waals surface area contributed by atoms with Gasteiger partial charge in [0, 0.05) is 37.5 Å². The van der Waals surface area contributed by atoms with E-state index in [1.54, 1.807) is 6.33 Å². The largest absolute Gasteiger partial charge is 0.376 e. The summed E-state index contributed by atoms with van der Waals surface area (Å²) in [6, 6.07) is 12.2. The lowest BCUT2D eigenvalue weighted by atomic mass is 10.1. The second-order valence-electron chi connectivity index (χ2n) is 6.73. The molecule has 0 N–H and O–H groups in total. The number of hydrogen-bond acceptors (Lipinski definition) is 6. The minimum absolute atomic E-state index is 0.0586. The maximum atomic E-state index is 5.70. The highest BCUT2D eigenvalue weighted by molar-refractivity contribution is 5.70. The molecule has 7 nitrogen and oxygen atoms in total. The molecule has 140 valence electrons. The van der Waals surface area contributed by atoms with E-state index in [1.807, 2.05) is 48.1 Å². The Labute approximate surface area is 158 Å². The lowest BCUT2D eigenvalue weighted by Gasteiger charge is -2.22.